The van der Waals surface area contributed by atoms with Crippen LogP contribution >= 0.6 is 0 Å². The maximum Gasteiger partial charge on any atom is 0.157 e. The Bertz CT molecular complexity index is 670. The van der Waals surface area contributed by atoms with E-state index in [1.54, 1.807) is 12.1 Å². The van der Waals surface area contributed by atoms with Crippen LogP contribution in [-0.2, 0) is 0 Å². The number of benzene rings is 2. The Morgan fingerprint density at radius 2 is 1.74 bits per heavy atom. The summed E-state index contributed by atoms with van der Waals surface area (Å²) in [5.74, 6) is -0.856. The summed E-state index contributed by atoms with van der Waals surface area (Å²) < 4.78 is 12.8. The first kappa shape index (κ1) is 12.7. The largest absolute Gasteiger partial charge is 0.504 e. The number of phenols is 2. The van der Waals surface area contributed by atoms with Crippen LogP contribution in [0.25, 0.3) is 11.6 Å². The van der Waals surface area contributed by atoms with Gasteiger partial charge >= 0.3 is 0 Å². The molecule has 2 rings (SSSR count). The van der Waals surface area contributed by atoms with Crippen LogP contribution in [0.1, 0.15) is 11.1 Å². The highest BCUT2D eigenvalue weighted by Gasteiger charge is 2.03. The lowest BCUT2D eigenvalue weighted by Gasteiger charge is -2.01. The fourth-order valence-electron chi connectivity index (χ4n) is 1.61. The van der Waals surface area contributed by atoms with Crippen molar-refractivity contribution in [3.8, 4) is 17.6 Å². The zero-order valence-electron chi connectivity index (χ0n) is 9.84. The van der Waals surface area contributed by atoms with Gasteiger partial charge in [-0.25, -0.2) is 4.39 Å². The van der Waals surface area contributed by atoms with Crippen LogP contribution in [0.3, 0.4) is 0 Å². The summed E-state index contributed by atoms with van der Waals surface area (Å²) in [5.41, 5.74) is 1.48. The van der Waals surface area contributed by atoms with Gasteiger partial charge in [0.25, 0.3) is 0 Å². The molecule has 0 atom stereocenters. The molecule has 2 N–H and O–H groups in total. The van der Waals surface area contributed by atoms with Crippen LogP contribution in [-0.4, -0.2) is 10.2 Å². The maximum absolute atomic E-state index is 12.8. The van der Waals surface area contributed by atoms with Crippen molar-refractivity contribution in [1.29, 1.82) is 5.26 Å². The Kier molecular flexibility index (Phi) is 3.48. The Labute approximate surface area is 109 Å². The lowest BCUT2D eigenvalue weighted by atomic mass is 10.0. The van der Waals surface area contributed by atoms with Crippen molar-refractivity contribution in [2.24, 2.45) is 0 Å². The maximum atomic E-state index is 12.8. The average molecular weight is 255 g/mol. The molecule has 0 saturated heterocycles. The van der Waals surface area contributed by atoms with Gasteiger partial charge in [-0.2, -0.15) is 5.26 Å². The monoisotopic (exact) mass is 255 g/mol. The molecule has 0 aliphatic heterocycles. The molecule has 2 aromatic carbocycles. The zero-order valence-corrected chi connectivity index (χ0v) is 9.84. The van der Waals surface area contributed by atoms with Crippen LogP contribution in [0.4, 0.5) is 4.39 Å². The molecule has 0 aromatic heterocycles. The third kappa shape index (κ3) is 2.90. The molecule has 0 spiro atoms. The van der Waals surface area contributed by atoms with Crippen molar-refractivity contribution >= 4 is 11.6 Å². The van der Waals surface area contributed by atoms with E-state index in [4.69, 9.17) is 5.26 Å². The van der Waals surface area contributed by atoms with Gasteiger partial charge in [0.1, 0.15) is 5.82 Å². The number of allylic oxidation sites excluding steroid dienone is 1. The van der Waals surface area contributed by atoms with Crippen molar-refractivity contribution < 1.29 is 14.6 Å². The van der Waals surface area contributed by atoms with Crippen molar-refractivity contribution in [3.05, 3.63) is 59.4 Å². The third-order valence-corrected chi connectivity index (χ3v) is 2.59. The van der Waals surface area contributed by atoms with Crippen LogP contribution in [0.2, 0.25) is 0 Å². The molecule has 3 nitrogen and oxygen atoms in total. The highest BCUT2D eigenvalue weighted by Crippen LogP contribution is 2.27. The fourth-order valence-corrected chi connectivity index (χ4v) is 1.61. The second kappa shape index (κ2) is 5.23. The second-order valence-electron chi connectivity index (χ2n) is 3.92. The van der Waals surface area contributed by atoms with E-state index in [9.17, 15) is 14.6 Å². The summed E-state index contributed by atoms with van der Waals surface area (Å²) in [6.45, 7) is 0. The quantitative estimate of drug-likeness (QED) is 0.491. The molecule has 2 aromatic rings. The summed E-state index contributed by atoms with van der Waals surface area (Å²) >= 11 is 0. The molecule has 0 saturated carbocycles. The molecule has 0 aliphatic carbocycles. The molecule has 0 bridgehead atoms. The van der Waals surface area contributed by atoms with Crippen molar-refractivity contribution in [3.63, 3.8) is 0 Å². The fraction of sp³-hybridized carbons (Fsp3) is 0. The van der Waals surface area contributed by atoms with Gasteiger partial charge in [-0.3, -0.25) is 0 Å². The Morgan fingerprint density at radius 1 is 1.05 bits per heavy atom. The first-order chi connectivity index (χ1) is 9.10. The topological polar surface area (TPSA) is 64.2 Å². The summed E-state index contributed by atoms with van der Waals surface area (Å²) in [6, 6.07) is 11.8. The second-order valence-corrected chi connectivity index (χ2v) is 3.92. The molecule has 0 fully saturated rings. The zero-order chi connectivity index (χ0) is 13.8. The van der Waals surface area contributed by atoms with E-state index in [1.807, 2.05) is 6.07 Å². The smallest absolute Gasteiger partial charge is 0.157 e. The number of rotatable bonds is 2. The van der Waals surface area contributed by atoms with E-state index in [2.05, 4.69) is 0 Å². The number of phenolic OH excluding ortho intramolecular Hbond substituents is 2. The van der Waals surface area contributed by atoms with Gasteiger partial charge in [-0.15, -0.1) is 0 Å². The normalized spacial score (nSPS) is 11.1. The molecule has 94 valence electrons. The Balaban J connectivity index is 2.41. The average Bonchev–Trinajstić information content (AvgIpc) is 2.41. The van der Waals surface area contributed by atoms with E-state index in [0.717, 1.165) is 0 Å². The van der Waals surface area contributed by atoms with E-state index in [1.165, 1.54) is 36.4 Å². The van der Waals surface area contributed by atoms with Gasteiger partial charge in [0.15, 0.2) is 11.5 Å². The molecule has 4 heteroatoms. The number of halogens is 1. The molecule has 0 amide bonds. The molecule has 19 heavy (non-hydrogen) atoms. The van der Waals surface area contributed by atoms with Gasteiger partial charge in [-0.05, 0) is 41.5 Å². The van der Waals surface area contributed by atoms with E-state index in [0.29, 0.717) is 16.7 Å². The van der Waals surface area contributed by atoms with Crippen LogP contribution in [0.15, 0.2) is 42.5 Å². The molecule has 0 heterocycles. The standard InChI is InChI=1S/C15H10FNO2/c16-13-4-2-11(3-5-13)12(9-17)7-10-1-6-14(18)15(19)8-10/h1-8,18-19H/b12-7+. The number of nitrogens with zero attached hydrogens (tertiary/aromatic N) is 1. The number of hydrogen-bond donors (Lipinski definition) is 2. The lowest BCUT2D eigenvalue weighted by molar-refractivity contribution is 0.403. The summed E-state index contributed by atoms with van der Waals surface area (Å²) in [5, 5.41) is 27.7. The van der Waals surface area contributed by atoms with E-state index < -0.39 is 0 Å². The minimum atomic E-state index is -0.372. The summed E-state index contributed by atoms with van der Waals surface area (Å²) in [4.78, 5) is 0. The first-order valence-corrected chi connectivity index (χ1v) is 5.50. The van der Waals surface area contributed by atoms with E-state index >= 15 is 0 Å². The van der Waals surface area contributed by atoms with Crippen LogP contribution < -0.4 is 0 Å². The van der Waals surface area contributed by atoms with Crippen molar-refractivity contribution in [2.75, 3.05) is 0 Å². The van der Waals surface area contributed by atoms with Crippen molar-refractivity contribution in [1.82, 2.24) is 0 Å². The SMILES string of the molecule is N#C/C(=C\c1ccc(O)c(O)c1)c1ccc(F)cc1. The predicted molar refractivity (Wildman–Crippen MR) is 69.7 cm³/mol. The van der Waals surface area contributed by atoms with Gasteiger partial charge < -0.3 is 10.2 Å². The molecular formula is C15H10FNO2. The number of hydrogen-bond acceptors (Lipinski definition) is 3. The molecule has 0 aliphatic rings. The van der Waals surface area contributed by atoms with Gasteiger partial charge in [0, 0.05) is 0 Å². The van der Waals surface area contributed by atoms with Crippen LogP contribution in [0.5, 0.6) is 11.5 Å². The molecular weight excluding hydrogens is 245 g/mol. The molecule has 0 unspecified atom stereocenters. The van der Waals surface area contributed by atoms with Gasteiger partial charge in [0.2, 0.25) is 0 Å². The lowest BCUT2D eigenvalue weighted by Crippen LogP contribution is -1.83. The Morgan fingerprint density at radius 3 is 2.32 bits per heavy atom. The minimum absolute atomic E-state index is 0.225. The van der Waals surface area contributed by atoms with Gasteiger partial charge in [0.05, 0.1) is 11.6 Å². The number of aromatic hydroxyl groups is 2. The number of nitriles is 1. The molecule has 0 radical (unpaired) electrons. The summed E-state index contributed by atoms with van der Waals surface area (Å²) in [6.07, 6.45) is 1.55. The Hall–Kier alpha value is -2.80. The van der Waals surface area contributed by atoms with Crippen LogP contribution in [0, 0.1) is 17.1 Å². The highest BCUT2D eigenvalue weighted by molar-refractivity contribution is 5.89. The summed E-state index contributed by atoms with van der Waals surface area (Å²) in [7, 11) is 0. The van der Waals surface area contributed by atoms with Crippen molar-refractivity contribution in [2.45, 2.75) is 0 Å². The van der Waals surface area contributed by atoms with E-state index in [-0.39, 0.29) is 17.3 Å². The predicted octanol–water partition coefficient (Wildman–Crippen LogP) is 3.30. The minimum Gasteiger partial charge on any atom is -0.504 e. The third-order valence-electron chi connectivity index (χ3n) is 2.59. The van der Waals surface area contributed by atoms with Gasteiger partial charge in [-0.1, -0.05) is 18.2 Å². The highest BCUT2D eigenvalue weighted by atomic mass is 19.1. The first-order valence-electron chi connectivity index (χ1n) is 5.50.